The maximum absolute atomic E-state index is 12.7. The smallest absolute Gasteiger partial charge is 0.276 e. The van der Waals surface area contributed by atoms with Crippen LogP contribution in [-0.4, -0.2) is 27.9 Å². The largest absolute Gasteiger partial charge is 0.328 e. The van der Waals surface area contributed by atoms with Crippen molar-refractivity contribution in [2.24, 2.45) is 0 Å². The lowest BCUT2D eigenvalue weighted by Gasteiger charge is -2.29. The summed E-state index contributed by atoms with van der Waals surface area (Å²) in [4.78, 5) is 25.5. The van der Waals surface area contributed by atoms with Crippen molar-refractivity contribution in [3.05, 3.63) is 35.5 Å². The van der Waals surface area contributed by atoms with Crippen LogP contribution in [0.15, 0.2) is 30.0 Å². The number of carbonyl (C=O) groups is 2. The van der Waals surface area contributed by atoms with E-state index in [2.05, 4.69) is 10.6 Å². The highest BCUT2D eigenvalue weighted by molar-refractivity contribution is 7.80. The fourth-order valence-electron chi connectivity index (χ4n) is 3.25. The molecular formula is C18H21N3O2S. The summed E-state index contributed by atoms with van der Waals surface area (Å²) in [6.45, 7) is 1.47. The average molecular weight is 343 g/mol. The van der Waals surface area contributed by atoms with Crippen LogP contribution in [0.4, 0.5) is 5.69 Å². The number of hydrogen-bond donors (Lipinski definition) is 2. The number of carbonyl (C=O) groups excluding carboxylic acids is 2. The molecule has 1 aromatic carbocycles. The molecule has 24 heavy (non-hydrogen) atoms. The van der Waals surface area contributed by atoms with Crippen molar-refractivity contribution in [2.75, 3.05) is 5.32 Å². The summed E-state index contributed by atoms with van der Waals surface area (Å²) in [6.07, 6.45) is 7.39. The molecule has 126 valence electrons. The Balaban J connectivity index is 1.74. The van der Waals surface area contributed by atoms with Gasteiger partial charge in [-0.05, 0) is 48.8 Å². The van der Waals surface area contributed by atoms with Crippen LogP contribution in [0.2, 0.25) is 0 Å². The van der Waals surface area contributed by atoms with Crippen LogP contribution < -0.4 is 10.6 Å². The number of amides is 2. The average Bonchev–Trinajstić information content (AvgIpc) is 2.83. The van der Waals surface area contributed by atoms with Crippen molar-refractivity contribution >= 4 is 40.9 Å². The van der Waals surface area contributed by atoms with Gasteiger partial charge in [-0.25, -0.2) is 0 Å². The van der Waals surface area contributed by atoms with E-state index < -0.39 is 0 Å². The second-order valence-electron chi connectivity index (χ2n) is 6.26. The van der Waals surface area contributed by atoms with E-state index >= 15 is 0 Å². The standard InChI is InChI=1S/C18H21N3O2S/c1-12(22)19-14-9-7-13(8-10-14)11-16-17(23)21(18(24)20-16)15-5-3-2-4-6-15/h7-11,15H,2-6H2,1H3,(H,19,22)(H,20,24)/b16-11+. The Morgan fingerprint density at radius 1 is 1.25 bits per heavy atom. The highest BCUT2D eigenvalue weighted by Gasteiger charge is 2.36. The molecule has 0 unspecified atom stereocenters. The van der Waals surface area contributed by atoms with Gasteiger partial charge in [0.2, 0.25) is 5.91 Å². The fourth-order valence-corrected chi connectivity index (χ4v) is 3.59. The van der Waals surface area contributed by atoms with Crippen LogP contribution in [0, 0.1) is 0 Å². The van der Waals surface area contributed by atoms with Crippen molar-refractivity contribution in [1.29, 1.82) is 0 Å². The van der Waals surface area contributed by atoms with Crippen molar-refractivity contribution < 1.29 is 9.59 Å². The molecule has 0 radical (unpaired) electrons. The second kappa shape index (κ2) is 7.13. The number of nitrogens with zero attached hydrogens (tertiary/aromatic N) is 1. The van der Waals surface area contributed by atoms with Gasteiger partial charge in [0, 0.05) is 18.7 Å². The van der Waals surface area contributed by atoms with Crippen molar-refractivity contribution in [2.45, 2.75) is 45.1 Å². The maximum atomic E-state index is 12.7. The predicted octanol–water partition coefficient (Wildman–Crippen LogP) is 3.04. The van der Waals surface area contributed by atoms with Gasteiger partial charge in [-0.3, -0.25) is 14.5 Å². The van der Waals surface area contributed by atoms with Crippen LogP contribution >= 0.6 is 12.2 Å². The van der Waals surface area contributed by atoms with E-state index in [4.69, 9.17) is 12.2 Å². The molecule has 0 spiro atoms. The first-order valence-corrected chi connectivity index (χ1v) is 8.69. The summed E-state index contributed by atoms with van der Waals surface area (Å²) in [7, 11) is 0. The summed E-state index contributed by atoms with van der Waals surface area (Å²) >= 11 is 5.37. The number of benzene rings is 1. The van der Waals surface area contributed by atoms with Gasteiger partial charge in [0.25, 0.3) is 5.91 Å². The summed E-state index contributed by atoms with van der Waals surface area (Å²) in [5, 5.41) is 6.27. The van der Waals surface area contributed by atoms with Gasteiger partial charge in [0.05, 0.1) is 0 Å². The maximum Gasteiger partial charge on any atom is 0.276 e. The third-order valence-electron chi connectivity index (χ3n) is 4.39. The minimum absolute atomic E-state index is 0.0437. The van der Waals surface area contributed by atoms with E-state index in [9.17, 15) is 9.59 Å². The van der Waals surface area contributed by atoms with Crippen LogP contribution in [0.5, 0.6) is 0 Å². The zero-order valence-corrected chi connectivity index (χ0v) is 14.5. The molecule has 1 aromatic rings. The Labute approximate surface area is 147 Å². The van der Waals surface area contributed by atoms with E-state index in [1.807, 2.05) is 24.3 Å². The molecule has 1 aliphatic heterocycles. The predicted molar refractivity (Wildman–Crippen MR) is 98.2 cm³/mol. The molecule has 1 saturated carbocycles. The number of rotatable bonds is 3. The van der Waals surface area contributed by atoms with Crippen molar-refractivity contribution in [1.82, 2.24) is 10.2 Å². The highest BCUT2D eigenvalue weighted by Crippen LogP contribution is 2.27. The first kappa shape index (κ1) is 16.6. The SMILES string of the molecule is CC(=O)Nc1ccc(/C=C2/NC(=S)N(C3CCCCC3)C2=O)cc1. The Kier molecular flexibility index (Phi) is 4.94. The monoisotopic (exact) mass is 343 g/mol. The molecule has 1 saturated heterocycles. The third kappa shape index (κ3) is 3.64. The number of thiocarbonyl (C=S) groups is 1. The van der Waals surface area contributed by atoms with Crippen molar-refractivity contribution in [3.63, 3.8) is 0 Å². The van der Waals surface area contributed by atoms with Gasteiger partial charge in [0.15, 0.2) is 5.11 Å². The minimum atomic E-state index is -0.109. The molecular weight excluding hydrogens is 322 g/mol. The topological polar surface area (TPSA) is 61.4 Å². The summed E-state index contributed by atoms with van der Waals surface area (Å²) in [5.41, 5.74) is 2.13. The van der Waals surface area contributed by atoms with Crippen LogP contribution in [0.3, 0.4) is 0 Å². The van der Waals surface area contributed by atoms with Crippen LogP contribution in [0.1, 0.15) is 44.6 Å². The van der Waals surface area contributed by atoms with Crippen LogP contribution in [-0.2, 0) is 9.59 Å². The van der Waals surface area contributed by atoms with Crippen molar-refractivity contribution in [3.8, 4) is 0 Å². The Morgan fingerprint density at radius 2 is 1.92 bits per heavy atom. The molecule has 2 fully saturated rings. The third-order valence-corrected chi connectivity index (χ3v) is 4.69. The van der Waals surface area contributed by atoms with E-state index in [0.29, 0.717) is 10.8 Å². The lowest BCUT2D eigenvalue weighted by molar-refractivity contribution is -0.124. The molecule has 2 N–H and O–H groups in total. The zero-order chi connectivity index (χ0) is 17.1. The van der Waals surface area contributed by atoms with E-state index in [0.717, 1.165) is 36.9 Å². The van der Waals surface area contributed by atoms with E-state index in [1.54, 1.807) is 11.0 Å². The molecule has 0 aromatic heterocycles. The first-order valence-electron chi connectivity index (χ1n) is 8.28. The van der Waals surface area contributed by atoms with E-state index in [-0.39, 0.29) is 17.9 Å². The molecule has 0 atom stereocenters. The Morgan fingerprint density at radius 3 is 2.54 bits per heavy atom. The second-order valence-corrected chi connectivity index (χ2v) is 6.65. The Hall–Kier alpha value is -2.21. The minimum Gasteiger partial charge on any atom is -0.328 e. The number of anilines is 1. The van der Waals surface area contributed by atoms with Gasteiger partial charge in [-0.15, -0.1) is 0 Å². The van der Waals surface area contributed by atoms with E-state index in [1.165, 1.54) is 13.3 Å². The zero-order valence-electron chi connectivity index (χ0n) is 13.7. The first-order chi connectivity index (χ1) is 11.5. The fraction of sp³-hybridized carbons (Fsp3) is 0.389. The molecule has 0 bridgehead atoms. The van der Waals surface area contributed by atoms with Gasteiger partial charge < -0.3 is 10.6 Å². The lowest BCUT2D eigenvalue weighted by atomic mass is 9.94. The van der Waals surface area contributed by atoms with Gasteiger partial charge in [0.1, 0.15) is 5.70 Å². The molecule has 1 aliphatic carbocycles. The molecule has 1 heterocycles. The quantitative estimate of drug-likeness (QED) is 0.654. The molecule has 6 heteroatoms. The van der Waals surface area contributed by atoms with Gasteiger partial charge in [-0.1, -0.05) is 31.4 Å². The lowest BCUT2D eigenvalue weighted by Crippen LogP contribution is -2.41. The summed E-state index contributed by atoms with van der Waals surface area (Å²) in [6, 6.07) is 7.56. The normalized spacial score (nSPS) is 20.4. The molecule has 2 amide bonds. The van der Waals surface area contributed by atoms with Crippen LogP contribution in [0.25, 0.3) is 6.08 Å². The molecule has 2 aliphatic rings. The number of hydrogen-bond acceptors (Lipinski definition) is 3. The Bertz CT molecular complexity index is 691. The summed E-state index contributed by atoms with van der Waals surface area (Å²) in [5.74, 6) is -0.153. The van der Waals surface area contributed by atoms with Gasteiger partial charge in [-0.2, -0.15) is 0 Å². The van der Waals surface area contributed by atoms with Gasteiger partial charge >= 0.3 is 0 Å². The molecule has 5 nitrogen and oxygen atoms in total. The number of nitrogens with one attached hydrogen (secondary N) is 2. The summed E-state index contributed by atoms with van der Waals surface area (Å²) < 4.78 is 0. The highest BCUT2D eigenvalue weighted by atomic mass is 32.1. The molecule has 3 rings (SSSR count).